The number of benzene rings is 1. The van der Waals surface area contributed by atoms with Crippen LogP contribution in [-0.4, -0.2) is 50.8 Å². The van der Waals surface area contributed by atoms with Crippen LogP contribution in [0.1, 0.15) is 37.0 Å². The van der Waals surface area contributed by atoms with Crippen molar-refractivity contribution in [3.05, 3.63) is 29.8 Å². The third-order valence-electron chi connectivity index (χ3n) is 3.84. The summed E-state index contributed by atoms with van der Waals surface area (Å²) in [5.41, 5.74) is 6.67. The molecule has 1 rings (SSSR count). The second kappa shape index (κ2) is 10.2. The largest absolute Gasteiger partial charge is 0.493 e. The first-order valence-corrected chi connectivity index (χ1v) is 8.18. The number of ether oxygens (including phenoxy) is 2. The van der Waals surface area contributed by atoms with Gasteiger partial charge in [-0.25, -0.2) is 0 Å². The molecule has 0 radical (unpaired) electrons. The lowest BCUT2D eigenvalue weighted by atomic mass is 10.0. The highest BCUT2D eigenvalue weighted by atomic mass is 16.5. The Morgan fingerprint density at radius 2 is 2.04 bits per heavy atom. The summed E-state index contributed by atoms with van der Waals surface area (Å²) < 4.78 is 10.6. The van der Waals surface area contributed by atoms with Gasteiger partial charge in [0.2, 0.25) is 0 Å². The summed E-state index contributed by atoms with van der Waals surface area (Å²) in [6.07, 6.45) is 1.62. The molecule has 0 bridgehead atoms. The van der Waals surface area contributed by atoms with Gasteiger partial charge in [0.1, 0.15) is 5.75 Å². The number of methoxy groups -OCH3 is 1. The van der Waals surface area contributed by atoms with E-state index in [1.54, 1.807) is 18.1 Å². The number of rotatable bonds is 10. The zero-order valence-electron chi connectivity index (χ0n) is 14.7. The number of amides is 1. The molecule has 5 nitrogen and oxygen atoms in total. The zero-order valence-corrected chi connectivity index (χ0v) is 14.7. The lowest BCUT2D eigenvalue weighted by Crippen LogP contribution is -2.34. The third-order valence-corrected chi connectivity index (χ3v) is 3.84. The molecule has 0 heterocycles. The van der Waals surface area contributed by atoms with Gasteiger partial charge in [-0.3, -0.25) is 4.79 Å². The number of carbonyl (C=O) groups excluding carboxylic acids is 1. The molecule has 0 aromatic heterocycles. The summed E-state index contributed by atoms with van der Waals surface area (Å²) in [5.74, 6) is 1.12. The quantitative estimate of drug-likeness (QED) is 0.672. The first kappa shape index (κ1) is 19.5. The van der Waals surface area contributed by atoms with Gasteiger partial charge in [-0.1, -0.05) is 19.9 Å². The summed E-state index contributed by atoms with van der Waals surface area (Å²) in [6.45, 7) is 6.08. The Morgan fingerprint density at radius 1 is 1.30 bits per heavy atom. The van der Waals surface area contributed by atoms with E-state index in [4.69, 9.17) is 15.2 Å². The molecule has 1 aromatic rings. The molecule has 1 atom stereocenters. The van der Waals surface area contributed by atoms with Crippen LogP contribution in [0.3, 0.4) is 0 Å². The lowest BCUT2D eigenvalue weighted by molar-refractivity contribution is 0.0788. The Kier molecular flexibility index (Phi) is 8.66. The van der Waals surface area contributed by atoms with Crippen LogP contribution < -0.4 is 10.5 Å². The van der Waals surface area contributed by atoms with Gasteiger partial charge >= 0.3 is 0 Å². The highest BCUT2D eigenvalue weighted by molar-refractivity contribution is 5.94. The second-order valence-electron chi connectivity index (χ2n) is 6.15. The fourth-order valence-corrected chi connectivity index (χ4v) is 2.11. The van der Waals surface area contributed by atoms with Crippen molar-refractivity contribution >= 4 is 5.91 Å². The monoisotopic (exact) mass is 322 g/mol. The standard InChI is InChI=1S/C18H30N2O3/c1-14(2)17(19)9-10-20(3)18(21)15-7-5-8-16(13-15)23-12-6-11-22-4/h5,7-8,13-14,17H,6,9-12,19H2,1-4H3. The Labute approximate surface area is 139 Å². The number of hydrogen-bond donors (Lipinski definition) is 1. The number of carbonyl (C=O) groups is 1. The van der Waals surface area contributed by atoms with Crippen molar-refractivity contribution in [2.24, 2.45) is 11.7 Å². The highest BCUT2D eigenvalue weighted by Crippen LogP contribution is 2.15. The van der Waals surface area contributed by atoms with Crippen molar-refractivity contribution in [3.63, 3.8) is 0 Å². The molecular formula is C18H30N2O3. The van der Waals surface area contributed by atoms with Crippen LogP contribution in [0.5, 0.6) is 5.75 Å². The summed E-state index contributed by atoms with van der Waals surface area (Å²) in [7, 11) is 3.47. The van der Waals surface area contributed by atoms with Gasteiger partial charge in [0, 0.05) is 45.3 Å². The van der Waals surface area contributed by atoms with Crippen LogP contribution in [0.4, 0.5) is 0 Å². The molecule has 2 N–H and O–H groups in total. The van der Waals surface area contributed by atoms with Crippen LogP contribution in [0.25, 0.3) is 0 Å². The molecule has 23 heavy (non-hydrogen) atoms. The first-order chi connectivity index (χ1) is 11.0. The molecule has 0 fully saturated rings. The molecule has 0 aliphatic heterocycles. The zero-order chi connectivity index (χ0) is 17.2. The Hall–Kier alpha value is -1.59. The number of hydrogen-bond acceptors (Lipinski definition) is 4. The van der Waals surface area contributed by atoms with Gasteiger partial charge in [-0.2, -0.15) is 0 Å². The Balaban J connectivity index is 2.54. The van der Waals surface area contributed by atoms with E-state index < -0.39 is 0 Å². The molecule has 0 aliphatic rings. The van der Waals surface area contributed by atoms with E-state index in [9.17, 15) is 4.79 Å². The summed E-state index contributed by atoms with van der Waals surface area (Å²) in [5, 5.41) is 0. The molecule has 0 aliphatic carbocycles. The van der Waals surface area contributed by atoms with Crippen molar-refractivity contribution in [1.29, 1.82) is 0 Å². The predicted molar refractivity (Wildman–Crippen MR) is 92.8 cm³/mol. The van der Waals surface area contributed by atoms with Crippen LogP contribution in [-0.2, 0) is 4.74 Å². The highest BCUT2D eigenvalue weighted by Gasteiger charge is 2.15. The third kappa shape index (κ3) is 7.01. The van der Waals surface area contributed by atoms with Crippen LogP contribution >= 0.6 is 0 Å². The maximum atomic E-state index is 12.5. The molecule has 0 spiro atoms. The molecule has 0 saturated heterocycles. The van der Waals surface area contributed by atoms with E-state index in [2.05, 4.69) is 13.8 Å². The predicted octanol–water partition coefficient (Wildman–Crippen LogP) is 2.55. The van der Waals surface area contributed by atoms with Gasteiger partial charge in [0.05, 0.1) is 6.61 Å². The minimum absolute atomic E-state index is 0.0108. The Bertz CT molecular complexity index is 477. The average Bonchev–Trinajstić information content (AvgIpc) is 2.55. The maximum absolute atomic E-state index is 12.5. The van der Waals surface area contributed by atoms with Crippen molar-refractivity contribution < 1.29 is 14.3 Å². The van der Waals surface area contributed by atoms with E-state index in [-0.39, 0.29) is 11.9 Å². The summed E-state index contributed by atoms with van der Waals surface area (Å²) in [6, 6.07) is 7.41. The fraction of sp³-hybridized carbons (Fsp3) is 0.611. The molecule has 5 heteroatoms. The fourth-order valence-electron chi connectivity index (χ4n) is 2.11. The van der Waals surface area contributed by atoms with Gasteiger partial charge in [0.25, 0.3) is 5.91 Å². The molecular weight excluding hydrogens is 292 g/mol. The summed E-state index contributed by atoms with van der Waals surface area (Å²) in [4.78, 5) is 14.2. The van der Waals surface area contributed by atoms with Crippen molar-refractivity contribution in [1.82, 2.24) is 4.90 Å². The van der Waals surface area contributed by atoms with E-state index in [0.717, 1.165) is 12.8 Å². The SMILES string of the molecule is COCCCOc1cccc(C(=O)N(C)CCC(N)C(C)C)c1. The Morgan fingerprint density at radius 3 is 2.70 bits per heavy atom. The van der Waals surface area contributed by atoms with Crippen molar-refractivity contribution in [3.8, 4) is 5.75 Å². The maximum Gasteiger partial charge on any atom is 0.253 e. The lowest BCUT2D eigenvalue weighted by Gasteiger charge is -2.21. The van der Waals surface area contributed by atoms with Gasteiger partial charge in [0.15, 0.2) is 0 Å². The minimum Gasteiger partial charge on any atom is -0.493 e. The molecule has 1 unspecified atom stereocenters. The number of nitrogens with two attached hydrogens (primary N) is 1. The first-order valence-electron chi connectivity index (χ1n) is 8.18. The molecule has 0 saturated carbocycles. The second-order valence-corrected chi connectivity index (χ2v) is 6.15. The minimum atomic E-state index is -0.0108. The van der Waals surface area contributed by atoms with Crippen LogP contribution in [0.2, 0.25) is 0 Å². The van der Waals surface area contributed by atoms with E-state index in [1.807, 2.05) is 25.2 Å². The van der Waals surface area contributed by atoms with Crippen molar-refractivity contribution in [2.45, 2.75) is 32.7 Å². The van der Waals surface area contributed by atoms with E-state index in [0.29, 0.717) is 37.0 Å². The van der Waals surface area contributed by atoms with Gasteiger partial charge in [-0.05, 0) is 30.5 Å². The summed E-state index contributed by atoms with van der Waals surface area (Å²) >= 11 is 0. The van der Waals surface area contributed by atoms with Crippen LogP contribution in [0, 0.1) is 5.92 Å². The molecule has 130 valence electrons. The molecule has 1 aromatic carbocycles. The smallest absolute Gasteiger partial charge is 0.253 e. The average molecular weight is 322 g/mol. The van der Waals surface area contributed by atoms with Crippen molar-refractivity contribution in [2.75, 3.05) is 33.9 Å². The molecule has 1 amide bonds. The topological polar surface area (TPSA) is 64.8 Å². The number of nitrogens with zero attached hydrogens (tertiary/aromatic N) is 1. The normalized spacial score (nSPS) is 12.3. The van der Waals surface area contributed by atoms with Crippen LogP contribution in [0.15, 0.2) is 24.3 Å². The van der Waals surface area contributed by atoms with Gasteiger partial charge in [-0.15, -0.1) is 0 Å². The van der Waals surface area contributed by atoms with E-state index in [1.165, 1.54) is 0 Å². The van der Waals surface area contributed by atoms with Gasteiger partial charge < -0.3 is 20.1 Å². The van der Waals surface area contributed by atoms with E-state index >= 15 is 0 Å².